The van der Waals surface area contributed by atoms with Gasteiger partial charge in [-0.05, 0) is 18.6 Å². The summed E-state index contributed by atoms with van der Waals surface area (Å²) in [7, 11) is 1.56. The van der Waals surface area contributed by atoms with E-state index in [2.05, 4.69) is 15.5 Å². The van der Waals surface area contributed by atoms with Crippen LogP contribution in [0.25, 0.3) is 0 Å². The van der Waals surface area contributed by atoms with Crippen molar-refractivity contribution in [2.24, 2.45) is 5.92 Å². The smallest absolute Gasteiger partial charge is 0.231 e. The van der Waals surface area contributed by atoms with Crippen molar-refractivity contribution in [3.8, 4) is 5.75 Å². The molecule has 3 rings (SSSR count). The molecule has 24 heavy (non-hydrogen) atoms. The summed E-state index contributed by atoms with van der Waals surface area (Å²) >= 11 is 1.35. The zero-order valence-electron chi connectivity index (χ0n) is 13.5. The van der Waals surface area contributed by atoms with E-state index in [1.807, 2.05) is 25.1 Å². The van der Waals surface area contributed by atoms with Gasteiger partial charge in [-0.15, -0.1) is 10.2 Å². The number of nitrogens with one attached hydrogen (secondary N) is 1. The summed E-state index contributed by atoms with van der Waals surface area (Å²) < 4.78 is 5.30. The molecule has 2 aromatic rings. The van der Waals surface area contributed by atoms with Crippen molar-refractivity contribution in [3.63, 3.8) is 0 Å². The van der Waals surface area contributed by atoms with Gasteiger partial charge >= 0.3 is 0 Å². The summed E-state index contributed by atoms with van der Waals surface area (Å²) in [5.74, 6) is -0.106. The van der Waals surface area contributed by atoms with E-state index in [1.165, 1.54) is 11.3 Å². The number of ether oxygens (including phenoxy) is 1. The molecule has 1 fully saturated rings. The van der Waals surface area contributed by atoms with Gasteiger partial charge in [-0.3, -0.25) is 9.59 Å². The molecule has 2 amide bonds. The van der Waals surface area contributed by atoms with Crippen molar-refractivity contribution in [1.29, 1.82) is 0 Å². The summed E-state index contributed by atoms with van der Waals surface area (Å²) in [6, 6.07) is 7.29. The number of aromatic nitrogens is 2. The van der Waals surface area contributed by atoms with Crippen molar-refractivity contribution in [2.45, 2.75) is 19.8 Å². The standard InChI is InChI=1S/C16H18N4O3S/c1-3-13-18-19-16(24-13)17-15(22)10-8-14(21)20(9-10)11-6-4-5-7-12(11)23-2/h4-7,10H,3,8-9H2,1-2H3,(H,17,19,22)/t10-/m1/s1. The predicted octanol–water partition coefficient (Wildman–Crippen LogP) is 2.10. The number of anilines is 2. The largest absolute Gasteiger partial charge is 0.495 e. The fourth-order valence-electron chi connectivity index (χ4n) is 2.62. The molecule has 1 N–H and O–H groups in total. The van der Waals surface area contributed by atoms with Crippen molar-refractivity contribution < 1.29 is 14.3 Å². The second-order valence-electron chi connectivity index (χ2n) is 5.42. The van der Waals surface area contributed by atoms with E-state index in [4.69, 9.17) is 4.74 Å². The Morgan fingerprint density at radius 3 is 2.92 bits per heavy atom. The monoisotopic (exact) mass is 346 g/mol. The van der Waals surface area contributed by atoms with Gasteiger partial charge in [0.05, 0.1) is 18.7 Å². The molecule has 1 aromatic carbocycles. The molecule has 0 radical (unpaired) electrons. The first-order valence-corrected chi connectivity index (χ1v) is 8.50. The minimum atomic E-state index is -0.420. The van der Waals surface area contributed by atoms with Gasteiger partial charge in [0.1, 0.15) is 10.8 Å². The Bertz CT molecular complexity index is 761. The van der Waals surface area contributed by atoms with E-state index in [9.17, 15) is 9.59 Å². The van der Waals surface area contributed by atoms with Crippen molar-refractivity contribution in [2.75, 3.05) is 23.9 Å². The van der Waals surface area contributed by atoms with E-state index in [0.29, 0.717) is 23.1 Å². The fraction of sp³-hybridized carbons (Fsp3) is 0.375. The zero-order valence-corrected chi connectivity index (χ0v) is 14.3. The van der Waals surface area contributed by atoms with Gasteiger partial charge in [-0.25, -0.2) is 0 Å². The summed E-state index contributed by atoms with van der Waals surface area (Å²) in [6.07, 6.45) is 0.945. The highest BCUT2D eigenvalue weighted by Gasteiger charge is 2.36. The lowest BCUT2D eigenvalue weighted by atomic mass is 10.1. The molecule has 126 valence electrons. The number of benzene rings is 1. The summed E-state index contributed by atoms with van der Waals surface area (Å²) in [6.45, 7) is 2.30. The Morgan fingerprint density at radius 1 is 1.42 bits per heavy atom. The predicted molar refractivity (Wildman–Crippen MR) is 91.4 cm³/mol. The van der Waals surface area contributed by atoms with Crippen LogP contribution < -0.4 is 15.0 Å². The SMILES string of the molecule is CCc1nnc(NC(=O)[C@@H]2CC(=O)N(c3ccccc3OC)C2)s1. The second-order valence-corrected chi connectivity index (χ2v) is 6.48. The minimum Gasteiger partial charge on any atom is -0.495 e. The molecule has 1 atom stereocenters. The van der Waals surface area contributed by atoms with Crippen molar-refractivity contribution in [1.82, 2.24) is 10.2 Å². The number of hydrogen-bond acceptors (Lipinski definition) is 6. The highest BCUT2D eigenvalue weighted by Crippen LogP contribution is 2.33. The van der Waals surface area contributed by atoms with E-state index in [0.717, 1.165) is 11.4 Å². The lowest BCUT2D eigenvalue weighted by Crippen LogP contribution is -2.28. The normalized spacial score (nSPS) is 17.2. The van der Waals surface area contributed by atoms with E-state index >= 15 is 0 Å². The van der Waals surface area contributed by atoms with Gasteiger partial charge in [0, 0.05) is 13.0 Å². The molecular weight excluding hydrogens is 328 g/mol. The first-order chi connectivity index (χ1) is 11.6. The van der Waals surface area contributed by atoms with Gasteiger partial charge in [0.15, 0.2) is 0 Å². The number of rotatable bonds is 5. The Morgan fingerprint density at radius 2 is 2.21 bits per heavy atom. The topological polar surface area (TPSA) is 84.4 Å². The van der Waals surface area contributed by atoms with Crippen LogP contribution in [0, 0.1) is 5.92 Å². The molecule has 0 aliphatic carbocycles. The quantitative estimate of drug-likeness (QED) is 0.896. The van der Waals surface area contributed by atoms with Crippen LogP contribution in [0.2, 0.25) is 0 Å². The van der Waals surface area contributed by atoms with Crippen LogP contribution in [-0.2, 0) is 16.0 Å². The average molecular weight is 346 g/mol. The third-order valence-corrected chi connectivity index (χ3v) is 4.85. The molecule has 1 aliphatic rings. The van der Waals surface area contributed by atoms with Gasteiger partial charge < -0.3 is 15.0 Å². The number of amides is 2. The molecule has 2 heterocycles. The fourth-order valence-corrected chi connectivity index (χ4v) is 3.31. The Hall–Kier alpha value is -2.48. The van der Waals surface area contributed by atoms with Crippen LogP contribution >= 0.6 is 11.3 Å². The van der Waals surface area contributed by atoms with E-state index < -0.39 is 5.92 Å². The van der Waals surface area contributed by atoms with Crippen LogP contribution in [-0.4, -0.2) is 35.7 Å². The highest BCUT2D eigenvalue weighted by atomic mass is 32.1. The van der Waals surface area contributed by atoms with E-state index in [-0.39, 0.29) is 18.2 Å². The molecule has 0 saturated carbocycles. The van der Waals surface area contributed by atoms with Crippen LogP contribution in [0.4, 0.5) is 10.8 Å². The lowest BCUT2D eigenvalue weighted by Gasteiger charge is -2.19. The zero-order chi connectivity index (χ0) is 17.1. The van der Waals surface area contributed by atoms with Crippen molar-refractivity contribution in [3.05, 3.63) is 29.3 Å². The number of nitrogens with zero attached hydrogens (tertiary/aromatic N) is 3. The third-order valence-electron chi connectivity index (χ3n) is 3.87. The number of carbonyl (C=O) groups is 2. The molecule has 7 nitrogen and oxygen atoms in total. The maximum atomic E-state index is 12.4. The lowest BCUT2D eigenvalue weighted by molar-refractivity contribution is -0.122. The third kappa shape index (κ3) is 3.23. The van der Waals surface area contributed by atoms with Crippen LogP contribution in [0.1, 0.15) is 18.4 Å². The van der Waals surface area contributed by atoms with E-state index in [1.54, 1.807) is 18.1 Å². The summed E-state index contributed by atoms with van der Waals surface area (Å²) in [4.78, 5) is 26.3. The molecular formula is C16H18N4O3S. The number of para-hydroxylation sites is 2. The molecule has 0 unspecified atom stereocenters. The molecule has 0 spiro atoms. The Balaban J connectivity index is 1.71. The maximum absolute atomic E-state index is 12.4. The first kappa shape index (κ1) is 16.4. The summed E-state index contributed by atoms with van der Waals surface area (Å²) in [5.41, 5.74) is 0.685. The second kappa shape index (κ2) is 6.96. The molecule has 1 saturated heterocycles. The average Bonchev–Trinajstić information content (AvgIpc) is 3.21. The van der Waals surface area contributed by atoms with Gasteiger partial charge in [0.25, 0.3) is 0 Å². The van der Waals surface area contributed by atoms with Gasteiger partial charge in [-0.1, -0.05) is 30.4 Å². The minimum absolute atomic E-state index is 0.0915. The van der Waals surface area contributed by atoms with Crippen LogP contribution in [0.15, 0.2) is 24.3 Å². The molecule has 1 aromatic heterocycles. The molecule has 8 heteroatoms. The van der Waals surface area contributed by atoms with Crippen LogP contribution in [0.3, 0.4) is 0 Å². The highest BCUT2D eigenvalue weighted by molar-refractivity contribution is 7.15. The molecule has 1 aliphatic heterocycles. The number of carbonyl (C=O) groups excluding carboxylic acids is 2. The van der Waals surface area contributed by atoms with Crippen LogP contribution in [0.5, 0.6) is 5.75 Å². The first-order valence-electron chi connectivity index (χ1n) is 7.69. The van der Waals surface area contributed by atoms with Crippen molar-refractivity contribution >= 4 is 34.0 Å². The van der Waals surface area contributed by atoms with Gasteiger partial charge in [-0.2, -0.15) is 0 Å². The molecule has 0 bridgehead atoms. The summed E-state index contributed by atoms with van der Waals surface area (Å²) in [5, 5.41) is 12.0. The number of methoxy groups -OCH3 is 1. The number of hydrogen-bond donors (Lipinski definition) is 1. The Labute approximate surface area is 143 Å². The Kier molecular flexibility index (Phi) is 4.75. The maximum Gasteiger partial charge on any atom is 0.231 e. The number of aryl methyl sites for hydroxylation is 1. The van der Waals surface area contributed by atoms with Gasteiger partial charge in [0.2, 0.25) is 16.9 Å².